The lowest BCUT2D eigenvalue weighted by Crippen LogP contribution is -2.57. The molecular formula is C24H27FN2O6S. The van der Waals surface area contributed by atoms with E-state index in [1.807, 2.05) is 60.7 Å². The number of hydrogen-bond donors (Lipinski definition) is 2. The summed E-state index contributed by atoms with van der Waals surface area (Å²) in [4.78, 5) is 17.1. The number of amidine groups is 1. The number of benzene rings is 2. The van der Waals surface area contributed by atoms with Crippen molar-refractivity contribution in [2.45, 2.75) is 43.0 Å². The van der Waals surface area contributed by atoms with Gasteiger partial charge in [-0.2, -0.15) is 0 Å². The highest BCUT2D eigenvalue weighted by molar-refractivity contribution is 8.14. The molecule has 182 valence electrons. The first-order valence-electron chi connectivity index (χ1n) is 11.0. The highest BCUT2D eigenvalue weighted by atomic mass is 32.2. The number of hydrogen-bond acceptors (Lipinski definition) is 7. The molecule has 2 aromatic carbocycles. The molecule has 10 heteroatoms. The molecule has 0 unspecified atom stereocenters. The summed E-state index contributed by atoms with van der Waals surface area (Å²) in [6.07, 6.45) is -3.27. The summed E-state index contributed by atoms with van der Waals surface area (Å²) in [5.74, 6) is 0. The third-order valence-electron chi connectivity index (χ3n) is 5.62. The molecule has 2 heterocycles. The summed E-state index contributed by atoms with van der Waals surface area (Å²) in [6, 6.07) is 18.6. The molecule has 1 saturated heterocycles. The van der Waals surface area contributed by atoms with Crippen molar-refractivity contribution in [3.63, 3.8) is 0 Å². The fourth-order valence-electron chi connectivity index (χ4n) is 3.95. The van der Waals surface area contributed by atoms with Gasteiger partial charge in [-0.3, -0.25) is 9.89 Å². The van der Waals surface area contributed by atoms with Gasteiger partial charge in [0.05, 0.1) is 26.4 Å². The third kappa shape index (κ3) is 5.76. The number of fused-ring (bicyclic) bond motifs is 1. The standard InChI is InChI=1S/C24H27FN2O6S/c25-11-12-27(24(29)30)23-26-19-21(32-15-17-9-5-2-6-10-17)20(18(13-28)33-22(19)34-23)31-14-16-7-3-1-4-8-16/h1-10,18-22,28H,11-15H2,(H,29,30)/t18-,19-,20-,21-,22-/m1/s1. The highest BCUT2D eigenvalue weighted by Gasteiger charge is 2.51. The van der Waals surface area contributed by atoms with Crippen molar-refractivity contribution in [2.24, 2.45) is 4.99 Å². The lowest BCUT2D eigenvalue weighted by molar-refractivity contribution is -0.205. The number of aliphatic imine (C=N–C) groups is 1. The largest absolute Gasteiger partial charge is 0.465 e. The van der Waals surface area contributed by atoms with Crippen molar-refractivity contribution in [1.82, 2.24) is 4.90 Å². The Kier molecular flexibility index (Phi) is 8.52. The van der Waals surface area contributed by atoms with Crippen molar-refractivity contribution in [3.05, 3.63) is 71.8 Å². The zero-order valence-electron chi connectivity index (χ0n) is 18.4. The van der Waals surface area contributed by atoms with E-state index in [9.17, 15) is 19.4 Å². The number of aliphatic hydroxyl groups is 1. The number of nitrogens with zero attached hydrogens (tertiary/aromatic N) is 2. The van der Waals surface area contributed by atoms with Crippen LogP contribution in [0.25, 0.3) is 0 Å². The zero-order valence-corrected chi connectivity index (χ0v) is 19.2. The Morgan fingerprint density at radius 1 is 1.03 bits per heavy atom. The summed E-state index contributed by atoms with van der Waals surface area (Å²) in [7, 11) is 0. The van der Waals surface area contributed by atoms with Crippen LogP contribution in [0.15, 0.2) is 65.7 Å². The van der Waals surface area contributed by atoms with Crippen LogP contribution in [0.4, 0.5) is 9.18 Å². The van der Waals surface area contributed by atoms with Crippen LogP contribution in [-0.4, -0.2) is 76.0 Å². The molecule has 34 heavy (non-hydrogen) atoms. The van der Waals surface area contributed by atoms with Crippen LogP contribution in [0.2, 0.25) is 0 Å². The van der Waals surface area contributed by atoms with E-state index in [1.165, 1.54) is 0 Å². The van der Waals surface area contributed by atoms with Gasteiger partial charge in [0.1, 0.15) is 36.5 Å². The monoisotopic (exact) mass is 490 g/mol. The average molecular weight is 491 g/mol. The molecule has 2 aromatic rings. The van der Waals surface area contributed by atoms with Crippen LogP contribution in [-0.2, 0) is 27.4 Å². The molecule has 0 spiro atoms. The molecule has 2 aliphatic rings. The van der Waals surface area contributed by atoms with E-state index in [2.05, 4.69) is 4.99 Å². The van der Waals surface area contributed by atoms with Crippen molar-refractivity contribution >= 4 is 23.0 Å². The number of ether oxygens (including phenoxy) is 3. The number of thioether (sulfide) groups is 1. The molecule has 5 atom stereocenters. The maximum absolute atomic E-state index is 13.0. The zero-order chi connectivity index (χ0) is 23.9. The fourth-order valence-corrected chi connectivity index (χ4v) is 5.19. The van der Waals surface area contributed by atoms with Crippen molar-refractivity contribution in [2.75, 3.05) is 19.8 Å². The number of carbonyl (C=O) groups is 1. The normalized spacial score (nSPS) is 26.1. The molecule has 2 aliphatic heterocycles. The van der Waals surface area contributed by atoms with E-state index in [0.29, 0.717) is 0 Å². The molecular weight excluding hydrogens is 463 g/mol. The van der Waals surface area contributed by atoms with Gasteiger partial charge in [-0.25, -0.2) is 9.18 Å². The fraction of sp³-hybridized carbons (Fsp3) is 0.417. The van der Waals surface area contributed by atoms with Gasteiger partial charge in [-0.15, -0.1) is 0 Å². The molecule has 1 amide bonds. The number of rotatable bonds is 9. The minimum Gasteiger partial charge on any atom is -0.465 e. The number of alkyl halides is 1. The summed E-state index contributed by atoms with van der Waals surface area (Å²) >= 11 is 1.09. The second-order valence-corrected chi connectivity index (χ2v) is 8.96. The molecule has 8 nitrogen and oxygen atoms in total. The van der Waals surface area contributed by atoms with E-state index < -0.39 is 42.6 Å². The minimum atomic E-state index is -1.29. The van der Waals surface area contributed by atoms with Gasteiger partial charge in [-0.1, -0.05) is 72.4 Å². The molecule has 4 rings (SSSR count). The lowest BCUT2D eigenvalue weighted by atomic mass is 9.97. The van der Waals surface area contributed by atoms with Crippen molar-refractivity contribution in [1.29, 1.82) is 0 Å². The molecule has 0 radical (unpaired) electrons. The average Bonchev–Trinajstić information content (AvgIpc) is 3.28. The Hall–Kier alpha value is -2.50. The van der Waals surface area contributed by atoms with Crippen molar-refractivity contribution in [3.8, 4) is 0 Å². The highest BCUT2D eigenvalue weighted by Crippen LogP contribution is 2.40. The molecule has 1 fully saturated rings. The Morgan fingerprint density at radius 3 is 2.15 bits per heavy atom. The van der Waals surface area contributed by atoms with Gasteiger partial charge in [-0.05, 0) is 11.1 Å². The van der Waals surface area contributed by atoms with E-state index in [0.717, 1.165) is 27.8 Å². The Balaban J connectivity index is 1.59. The number of halogens is 1. The first-order chi connectivity index (χ1) is 16.6. The van der Waals surface area contributed by atoms with Crippen LogP contribution in [0, 0.1) is 0 Å². The Bertz CT molecular complexity index is 966. The minimum absolute atomic E-state index is 0.147. The van der Waals surface area contributed by atoms with Crippen LogP contribution in [0.5, 0.6) is 0 Å². The predicted molar refractivity (Wildman–Crippen MR) is 125 cm³/mol. The second kappa shape index (κ2) is 11.8. The first-order valence-corrected chi connectivity index (χ1v) is 11.9. The molecule has 2 N–H and O–H groups in total. The van der Waals surface area contributed by atoms with Crippen LogP contribution >= 0.6 is 11.8 Å². The topological polar surface area (TPSA) is 101 Å². The third-order valence-corrected chi connectivity index (χ3v) is 6.77. The van der Waals surface area contributed by atoms with E-state index in [4.69, 9.17) is 14.2 Å². The quantitative estimate of drug-likeness (QED) is 0.556. The summed E-state index contributed by atoms with van der Waals surface area (Å²) < 4.78 is 31.5. The van der Waals surface area contributed by atoms with Gasteiger partial charge in [0, 0.05) is 0 Å². The van der Waals surface area contributed by atoms with Gasteiger partial charge in [0.25, 0.3) is 0 Å². The smallest absolute Gasteiger partial charge is 0.413 e. The molecule has 0 aromatic heterocycles. The van der Waals surface area contributed by atoms with Gasteiger partial charge in [0.15, 0.2) is 5.17 Å². The number of carboxylic acid groups (broad SMARTS) is 1. The predicted octanol–water partition coefficient (Wildman–Crippen LogP) is 3.30. The summed E-state index contributed by atoms with van der Waals surface area (Å²) in [6.45, 7) is -0.913. The number of aliphatic hydroxyl groups excluding tert-OH is 1. The Labute approximate surface area is 201 Å². The van der Waals surface area contributed by atoms with E-state index in [1.54, 1.807) is 0 Å². The Morgan fingerprint density at radius 2 is 1.62 bits per heavy atom. The van der Waals surface area contributed by atoms with Crippen LogP contribution < -0.4 is 0 Å². The lowest BCUT2D eigenvalue weighted by Gasteiger charge is -2.42. The van der Waals surface area contributed by atoms with E-state index >= 15 is 0 Å². The summed E-state index contributed by atoms with van der Waals surface area (Å²) in [5.41, 5.74) is 1.31. The molecule has 0 aliphatic carbocycles. The van der Waals surface area contributed by atoms with Gasteiger partial charge < -0.3 is 24.4 Å². The van der Waals surface area contributed by atoms with Gasteiger partial charge in [0.2, 0.25) is 0 Å². The van der Waals surface area contributed by atoms with Crippen LogP contribution in [0.1, 0.15) is 11.1 Å². The van der Waals surface area contributed by atoms with Crippen molar-refractivity contribution < 1.29 is 33.6 Å². The molecule has 0 bridgehead atoms. The number of amides is 1. The summed E-state index contributed by atoms with van der Waals surface area (Å²) in [5, 5.41) is 19.7. The van der Waals surface area contributed by atoms with Gasteiger partial charge >= 0.3 is 6.09 Å². The SMILES string of the molecule is O=C(O)N(CCF)C1=N[C@@H]2[C@@H](OCc3ccccc3)[C@H](OCc3ccccc3)[C@@H](CO)O[C@@H]2S1. The molecule has 0 saturated carbocycles. The maximum atomic E-state index is 13.0. The van der Waals surface area contributed by atoms with Crippen LogP contribution in [0.3, 0.4) is 0 Å². The first kappa shape index (κ1) is 24.6. The maximum Gasteiger partial charge on any atom is 0.413 e. The second-order valence-electron chi connectivity index (χ2n) is 7.89. The van der Waals surface area contributed by atoms with E-state index in [-0.39, 0.29) is 31.5 Å².